The molecule has 0 fully saturated rings. The summed E-state index contributed by atoms with van der Waals surface area (Å²) < 4.78 is 29.9. The average Bonchev–Trinajstić information content (AvgIpc) is 3.29. The number of carbonyl (C=O) groups excluding carboxylic acids is 1. The lowest BCUT2D eigenvalue weighted by Gasteiger charge is -2.18. The van der Waals surface area contributed by atoms with Crippen LogP contribution in [0.2, 0.25) is 0 Å². The number of rotatable bonds is 6. The number of nitrogens with two attached hydrogens (primary N) is 1. The summed E-state index contributed by atoms with van der Waals surface area (Å²) in [7, 11) is 1.68. The molecule has 5 aromatic rings. The lowest BCUT2D eigenvalue weighted by Crippen LogP contribution is -2.14. The number of nitrogen functional groups attached to an aromatic ring is 1. The second-order valence-corrected chi connectivity index (χ2v) is 8.37. The quantitative estimate of drug-likeness (QED) is 0.319. The minimum atomic E-state index is -1.10. The number of anilines is 4. The van der Waals surface area contributed by atoms with E-state index in [1.165, 1.54) is 17.0 Å². The second-order valence-electron chi connectivity index (χ2n) is 8.37. The third kappa shape index (κ3) is 4.50. The van der Waals surface area contributed by atoms with Crippen molar-refractivity contribution in [2.24, 2.45) is 0 Å². The predicted molar refractivity (Wildman–Crippen MR) is 140 cm³/mol. The molecular formula is C26H21F2N9O. The SMILES string of the molecule is C=C(F)C(=O)Nc1ccc(-c2nn3ncnc(N)c3c2-c2ccc(N(C)c3nccc(C)n3)c(F)c2)cc1. The molecule has 10 nitrogen and oxygen atoms in total. The first-order valence-corrected chi connectivity index (χ1v) is 11.3. The van der Waals surface area contributed by atoms with Gasteiger partial charge in [-0.3, -0.25) is 4.79 Å². The molecule has 190 valence electrons. The number of carbonyl (C=O) groups is 1. The Labute approximate surface area is 215 Å². The molecule has 1 amide bonds. The number of aromatic nitrogens is 6. The van der Waals surface area contributed by atoms with Gasteiger partial charge < -0.3 is 16.0 Å². The van der Waals surface area contributed by atoms with Crippen LogP contribution in [-0.4, -0.2) is 42.7 Å². The van der Waals surface area contributed by atoms with Gasteiger partial charge in [-0.2, -0.15) is 0 Å². The molecule has 2 aromatic carbocycles. The van der Waals surface area contributed by atoms with Crippen molar-refractivity contribution in [3.05, 3.63) is 85.0 Å². The summed E-state index contributed by atoms with van der Waals surface area (Å²) in [6.45, 7) is 4.81. The normalized spacial score (nSPS) is 10.9. The van der Waals surface area contributed by atoms with Crippen molar-refractivity contribution in [3.63, 3.8) is 0 Å². The van der Waals surface area contributed by atoms with E-state index in [2.05, 4.69) is 37.0 Å². The first-order chi connectivity index (χ1) is 18.2. The van der Waals surface area contributed by atoms with E-state index in [4.69, 9.17) is 5.73 Å². The predicted octanol–water partition coefficient (Wildman–Crippen LogP) is 4.47. The molecule has 0 spiro atoms. The highest BCUT2D eigenvalue weighted by atomic mass is 19.1. The Hall–Kier alpha value is -5.26. The largest absolute Gasteiger partial charge is 0.382 e. The van der Waals surface area contributed by atoms with Crippen molar-refractivity contribution in [2.45, 2.75) is 6.92 Å². The van der Waals surface area contributed by atoms with Gasteiger partial charge in [0.1, 0.15) is 23.4 Å². The maximum Gasteiger partial charge on any atom is 0.283 e. The van der Waals surface area contributed by atoms with Crippen molar-refractivity contribution in [1.82, 2.24) is 29.8 Å². The number of nitrogens with zero attached hydrogens (tertiary/aromatic N) is 7. The topological polar surface area (TPSA) is 127 Å². The number of nitrogens with one attached hydrogen (secondary N) is 1. The molecule has 0 atom stereocenters. The van der Waals surface area contributed by atoms with Crippen LogP contribution < -0.4 is 16.0 Å². The van der Waals surface area contributed by atoms with Crippen molar-refractivity contribution >= 4 is 34.6 Å². The van der Waals surface area contributed by atoms with Crippen molar-refractivity contribution in [3.8, 4) is 22.4 Å². The summed E-state index contributed by atoms with van der Waals surface area (Å²) in [4.78, 5) is 25.8. The van der Waals surface area contributed by atoms with Gasteiger partial charge in [-0.1, -0.05) is 24.8 Å². The second kappa shape index (κ2) is 9.65. The van der Waals surface area contributed by atoms with Crippen molar-refractivity contribution in [2.75, 3.05) is 23.0 Å². The molecular weight excluding hydrogens is 492 g/mol. The zero-order chi connectivity index (χ0) is 27.0. The van der Waals surface area contributed by atoms with Crippen LogP contribution in [0.25, 0.3) is 27.9 Å². The van der Waals surface area contributed by atoms with E-state index in [1.807, 2.05) is 6.92 Å². The first-order valence-electron chi connectivity index (χ1n) is 11.3. The number of hydrogen-bond acceptors (Lipinski definition) is 8. The maximum absolute atomic E-state index is 15.5. The highest BCUT2D eigenvalue weighted by Gasteiger charge is 2.22. The summed E-state index contributed by atoms with van der Waals surface area (Å²) in [6.07, 6.45) is 2.88. The standard InChI is InChI=1S/C26H21F2N9O/c1-14-10-11-30-26(33-14)36(3)20-9-6-17(12-19(20)28)21-22(35-37-23(21)24(29)31-13-32-37)16-4-7-18(8-5-16)34-25(38)15(2)27/h4-13H,2H2,1,3H3,(H,34,38)(H2,29,31,32). The Balaban J connectivity index is 1.59. The number of benzene rings is 2. The summed E-state index contributed by atoms with van der Waals surface area (Å²) in [5.74, 6) is -2.04. The fourth-order valence-electron chi connectivity index (χ4n) is 3.94. The van der Waals surface area contributed by atoms with E-state index in [1.54, 1.807) is 60.6 Å². The Kier molecular flexibility index (Phi) is 6.21. The van der Waals surface area contributed by atoms with Crippen LogP contribution in [-0.2, 0) is 4.79 Å². The average molecular weight is 514 g/mol. The molecule has 0 unspecified atom stereocenters. The smallest absolute Gasteiger partial charge is 0.283 e. The summed E-state index contributed by atoms with van der Waals surface area (Å²) in [5.41, 5.74) is 10.0. The van der Waals surface area contributed by atoms with E-state index in [0.29, 0.717) is 39.5 Å². The van der Waals surface area contributed by atoms with Crippen LogP contribution in [0.15, 0.2) is 73.5 Å². The highest BCUT2D eigenvalue weighted by molar-refractivity contribution is 6.02. The molecule has 0 aliphatic heterocycles. The van der Waals surface area contributed by atoms with Crippen LogP contribution in [0.4, 0.5) is 31.9 Å². The summed E-state index contributed by atoms with van der Waals surface area (Å²) in [5, 5.41) is 11.1. The minimum Gasteiger partial charge on any atom is -0.382 e. The number of hydrogen-bond donors (Lipinski definition) is 2. The molecule has 38 heavy (non-hydrogen) atoms. The maximum atomic E-state index is 15.5. The Bertz CT molecular complexity index is 1700. The van der Waals surface area contributed by atoms with Gasteiger partial charge in [-0.15, -0.1) is 14.8 Å². The minimum absolute atomic E-state index is 0.161. The van der Waals surface area contributed by atoms with E-state index in [0.717, 1.165) is 5.69 Å². The molecule has 0 saturated carbocycles. The summed E-state index contributed by atoms with van der Waals surface area (Å²) >= 11 is 0. The van der Waals surface area contributed by atoms with E-state index < -0.39 is 17.6 Å². The zero-order valence-electron chi connectivity index (χ0n) is 20.4. The van der Waals surface area contributed by atoms with Crippen molar-refractivity contribution < 1.29 is 13.6 Å². The number of halogens is 2. The van der Waals surface area contributed by atoms with Gasteiger partial charge in [0.05, 0.1) is 5.69 Å². The van der Waals surface area contributed by atoms with Crippen LogP contribution >= 0.6 is 0 Å². The van der Waals surface area contributed by atoms with Crippen LogP contribution in [0.1, 0.15) is 5.69 Å². The Morgan fingerprint density at radius 2 is 1.84 bits per heavy atom. The molecule has 0 saturated heterocycles. The molecule has 3 aromatic heterocycles. The summed E-state index contributed by atoms with van der Waals surface area (Å²) in [6, 6.07) is 13.0. The van der Waals surface area contributed by atoms with Crippen molar-refractivity contribution in [1.29, 1.82) is 0 Å². The molecule has 3 heterocycles. The van der Waals surface area contributed by atoms with Gasteiger partial charge >= 0.3 is 0 Å². The number of fused-ring (bicyclic) bond motifs is 1. The molecule has 0 radical (unpaired) electrons. The number of aryl methyl sites for hydroxylation is 1. The monoisotopic (exact) mass is 513 g/mol. The first kappa shape index (κ1) is 24.4. The van der Waals surface area contributed by atoms with Gasteiger partial charge in [0.2, 0.25) is 5.95 Å². The van der Waals surface area contributed by atoms with E-state index in [-0.39, 0.29) is 11.5 Å². The fraction of sp³-hybridized carbons (Fsp3) is 0.0769. The van der Waals surface area contributed by atoms with Crippen LogP contribution in [0, 0.1) is 12.7 Å². The van der Waals surface area contributed by atoms with Crippen LogP contribution in [0.3, 0.4) is 0 Å². The third-order valence-corrected chi connectivity index (χ3v) is 5.81. The van der Waals surface area contributed by atoms with Gasteiger partial charge in [-0.25, -0.2) is 23.7 Å². The van der Waals surface area contributed by atoms with Gasteiger partial charge in [0.25, 0.3) is 5.91 Å². The lowest BCUT2D eigenvalue weighted by molar-refractivity contribution is -0.114. The van der Waals surface area contributed by atoms with Gasteiger partial charge in [0.15, 0.2) is 11.6 Å². The molecule has 0 aliphatic rings. The third-order valence-electron chi connectivity index (χ3n) is 5.81. The van der Waals surface area contributed by atoms with Gasteiger partial charge in [0, 0.05) is 35.8 Å². The fourth-order valence-corrected chi connectivity index (χ4v) is 3.94. The van der Waals surface area contributed by atoms with E-state index >= 15 is 4.39 Å². The molecule has 3 N–H and O–H groups in total. The van der Waals surface area contributed by atoms with Gasteiger partial charge in [-0.05, 0) is 42.8 Å². The Morgan fingerprint density at radius 3 is 2.53 bits per heavy atom. The number of amides is 1. The van der Waals surface area contributed by atoms with Crippen LogP contribution in [0.5, 0.6) is 0 Å². The van der Waals surface area contributed by atoms with E-state index in [9.17, 15) is 9.18 Å². The Morgan fingerprint density at radius 1 is 1.11 bits per heavy atom. The lowest BCUT2D eigenvalue weighted by atomic mass is 9.99. The molecule has 12 heteroatoms. The molecule has 0 bridgehead atoms. The molecule has 0 aliphatic carbocycles. The zero-order valence-corrected chi connectivity index (χ0v) is 20.4. The molecule has 5 rings (SSSR count). The highest BCUT2D eigenvalue weighted by Crippen LogP contribution is 2.38.